The van der Waals surface area contributed by atoms with E-state index in [2.05, 4.69) is 10.3 Å². The molecular weight excluding hydrogens is 312 g/mol. The Morgan fingerprint density at radius 3 is 2.30 bits per heavy atom. The molecule has 0 amide bonds. The van der Waals surface area contributed by atoms with E-state index in [1.807, 2.05) is 0 Å². The minimum Gasteiger partial charge on any atom is -0.382 e. The number of halogens is 4. The Bertz CT molecular complexity index is 840. The molecule has 0 saturated carbocycles. The lowest BCUT2D eigenvalue weighted by atomic mass is 10.1. The molecule has 118 valence electrons. The average molecular weight is 322 g/mol. The molecule has 0 aliphatic rings. The maximum atomic E-state index is 14.0. The second-order valence-corrected chi connectivity index (χ2v) is 4.76. The van der Waals surface area contributed by atoms with Gasteiger partial charge in [-0.15, -0.1) is 5.10 Å². The van der Waals surface area contributed by atoms with E-state index in [1.165, 1.54) is 4.68 Å². The number of nitrogen functional groups attached to an aromatic ring is 1. The normalized spacial score (nSPS) is 11.7. The maximum absolute atomic E-state index is 14.0. The molecule has 0 radical (unpaired) electrons. The number of rotatable bonds is 2. The van der Waals surface area contributed by atoms with Gasteiger partial charge in [-0.05, 0) is 30.3 Å². The zero-order valence-corrected chi connectivity index (χ0v) is 11.5. The molecule has 0 saturated heterocycles. The molecule has 0 aliphatic heterocycles. The van der Waals surface area contributed by atoms with Gasteiger partial charge in [0.1, 0.15) is 11.5 Å². The molecule has 23 heavy (non-hydrogen) atoms. The fourth-order valence-corrected chi connectivity index (χ4v) is 2.12. The first-order chi connectivity index (χ1) is 10.9. The summed E-state index contributed by atoms with van der Waals surface area (Å²) in [6, 6.07) is 10.9. The number of hydrogen-bond donors (Lipinski definition) is 1. The van der Waals surface area contributed by atoms with Crippen molar-refractivity contribution in [3.8, 4) is 16.9 Å². The quantitative estimate of drug-likeness (QED) is 0.732. The first kappa shape index (κ1) is 15.0. The lowest BCUT2D eigenvalue weighted by Crippen LogP contribution is -2.06. The van der Waals surface area contributed by atoms with Crippen LogP contribution in [0.15, 0.2) is 48.5 Å². The van der Waals surface area contributed by atoms with Crippen molar-refractivity contribution < 1.29 is 17.6 Å². The van der Waals surface area contributed by atoms with Crippen LogP contribution in [0.3, 0.4) is 0 Å². The van der Waals surface area contributed by atoms with Crippen LogP contribution in [0.1, 0.15) is 5.56 Å². The zero-order chi connectivity index (χ0) is 16.6. The molecule has 8 heteroatoms. The van der Waals surface area contributed by atoms with Crippen molar-refractivity contribution in [1.82, 2.24) is 15.0 Å². The highest BCUT2D eigenvalue weighted by atomic mass is 19.4. The Labute approximate surface area is 128 Å². The van der Waals surface area contributed by atoms with Crippen LogP contribution in [0.5, 0.6) is 0 Å². The molecule has 0 fully saturated rings. The predicted molar refractivity (Wildman–Crippen MR) is 76.2 cm³/mol. The van der Waals surface area contributed by atoms with E-state index in [4.69, 9.17) is 5.73 Å². The van der Waals surface area contributed by atoms with E-state index < -0.39 is 17.6 Å². The van der Waals surface area contributed by atoms with E-state index in [0.717, 1.165) is 12.1 Å². The minimum atomic E-state index is -4.62. The second-order valence-electron chi connectivity index (χ2n) is 4.76. The number of nitrogens with zero attached hydrogens (tertiary/aromatic N) is 3. The molecule has 0 aliphatic carbocycles. The number of nitrogens with two attached hydrogens (primary N) is 1. The smallest absolute Gasteiger partial charge is 0.382 e. The van der Waals surface area contributed by atoms with Gasteiger partial charge in [0.2, 0.25) is 0 Å². The van der Waals surface area contributed by atoms with Crippen LogP contribution in [0.25, 0.3) is 16.9 Å². The van der Waals surface area contributed by atoms with Gasteiger partial charge in [0, 0.05) is 5.56 Å². The van der Waals surface area contributed by atoms with Gasteiger partial charge in [0.05, 0.1) is 11.3 Å². The summed E-state index contributed by atoms with van der Waals surface area (Å²) in [6.07, 6.45) is -4.62. The van der Waals surface area contributed by atoms with Crippen molar-refractivity contribution in [3.05, 3.63) is 59.9 Å². The number of benzene rings is 2. The lowest BCUT2D eigenvalue weighted by Gasteiger charge is -2.08. The van der Waals surface area contributed by atoms with Crippen LogP contribution >= 0.6 is 0 Å². The molecule has 0 spiro atoms. The number of alkyl halides is 3. The van der Waals surface area contributed by atoms with Crippen molar-refractivity contribution in [2.45, 2.75) is 6.18 Å². The molecule has 1 aromatic heterocycles. The molecule has 0 bridgehead atoms. The monoisotopic (exact) mass is 322 g/mol. The average Bonchev–Trinajstić information content (AvgIpc) is 2.89. The topological polar surface area (TPSA) is 56.7 Å². The van der Waals surface area contributed by atoms with Gasteiger partial charge in [-0.1, -0.05) is 23.4 Å². The van der Waals surface area contributed by atoms with Gasteiger partial charge in [-0.3, -0.25) is 0 Å². The Morgan fingerprint density at radius 2 is 1.70 bits per heavy atom. The Hall–Kier alpha value is -2.90. The van der Waals surface area contributed by atoms with Gasteiger partial charge in [-0.25, -0.2) is 4.39 Å². The van der Waals surface area contributed by atoms with E-state index >= 15 is 0 Å². The summed E-state index contributed by atoms with van der Waals surface area (Å²) in [7, 11) is 0. The summed E-state index contributed by atoms with van der Waals surface area (Å²) >= 11 is 0. The van der Waals surface area contributed by atoms with Crippen molar-refractivity contribution in [2.24, 2.45) is 0 Å². The summed E-state index contributed by atoms with van der Waals surface area (Å²) in [5.74, 6) is -1.03. The van der Waals surface area contributed by atoms with Crippen LogP contribution in [0.2, 0.25) is 0 Å². The summed E-state index contributed by atoms with van der Waals surface area (Å²) in [5, 5.41) is 7.61. The third-order valence-corrected chi connectivity index (χ3v) is 3.26. The highest BCUT2D eigenvalue weighted by Crippen LogP contribution is 2.33. The fraction of sp³-hybridized carbons (Fsp3) is 0.0667. The largest absolute Gasteiger partial charge is 0.416 e. The van der Waals surface area contributed by atoms with Crippen molar-refractivity contribution in [2.75, 3.05) is 5.73 Å². The molecule has 2 aromatic carbocycles. The number of para-hydroxylation sites is 1. The number of anilines is 1. The van der Waals surface area contributed by atoms with Gasteiger partial charge in [0.25, 0.3) is 0 Å². The van der Waals surface area contributed by atoms with Crippen molar-refractivity contribution in [3.63, 3.8) is 0 Å². The molecule has 1 heterocycles. The van der Waals surface area contributed by atoms with Crippen molar-refractivity contribution >= 4 is 5.82 Å². The van der Waals surface area contributed by atoms with Gasteiger partial charge >= 0.3 is 6.18 Å². The standard InChI is InChI=1S/C15H10F4N4/c16-12-8-9(15(17,18)19)6-7-11(12)13-14(20)23(22-21-13)10-4-2-1-3-5-10/h1-8H,20H2. The third kappa shape index (κ3) is 2.75. The fourth-order valence-electron chi connectivity index (χ4n) is 2.12. The Balaban J connectivity index is 2.06. The Kier molecular flexibility index (Phi) is 3.51. The summed E-state index contributed by atoms with van der Waals surface area (Å²) in [5.41, 5.74) is 5.29. The highest BCUT2D eigenvalue weighted by Gasteiger charge is 2.31. The molecule has 0 unspecified atom stereocenters. The molecule has 0 atom stereocenters. The second kappa shape index (κ2) is 5.38. The van der Waals surface area contributed by atoms with Crippen LogP contribution < -0.4 is 5.73 Å². The predicted octanol–water partition coefficient (Wildman–Crippen LogP) is 3.67. The molecule has 3 rings (SSSR count). The summed E-state index contributed by atoms with van der Waals surface area (Å²) in [6.45, 7) is 0. The van der Waals surface area contributed by atoms with Gasteiger partial charge in [0.15, 0.2) is 5.82 Å². The third-order valence-electron chi connectivity index (χ3n) is 3.26. The van der Waals surface area contributed by atoms with Crippen LogP contribution in [-0.4, -0.2) is 15.0 Å². The first-order valence-corrected chi connectivity index (χ1v) is 6.51. The molecule has 2 N–H and O–H groups in total. The first-order valence-electron chi connectivity index (χ1n) is 6.51. The highest BCUT2D eigenvalue weighted by molar-refractivity contribution is 5.71. The summed E-state index contributed by atoms with van der Waals surface area (Å²) in [4.78, 5) is 0. The molecule has 3 aromatic rings. The van der Waals surface area contributed by atoms with Crippen LogP contribution in [-0.2, 0) is 6.18 Å². The van der Waals surface area contributed by atoms with E-state index in [1.54, 1.807) is 30.3 Å². The lowest BCUT2D eigenvalue weighted by molar-refractivity contribution is -0.137. The molecular formula is C15H10F4N4. The minimum absolute atomic E-state index is 0.0138. The zero-order valence-electron chi connectivity index (χ0n) is 11.5. The van der Waals surface area contributed by atoms with Crippen molar-refractivity contribution in [1.29, 1.82) is 0 Å². The number of aromatic nitrogens is 3. The SMILES string of the molecule is Nc1c(-c2ccc(C(F)(F)F)cc2F)nnn1-c1ccccc1. The van der Waals surface area contributed by atoms with Crippen LogP contribution in [0, 0.1) is 5.82 Å². The number of hydrogen-bond acceptors (Lipinski definition) is 3. The van der Waals surface area contributed by atoms with E-state index in [0.29, 0.717) is 11.8 Å². The maximum Gasteiger partial charge on any atom is 0.416 e. The van der Waals surface area contributed by atoms with Gasteiger partial charge < -0.3 is 5.73 Å². The van der Waals surface area contributed by atoms with Gasteiger partial charge in [-0.2, -0.15) is 17.9 Å². The Morgan fingerprint density at radius 1 is 1.00 bits per heavy atom. The van der Waals surface area contributed by atoms with E-state index in [-0.39, 0.29) is 17.1 Å². The molecule has 4 nitrogen and oxygen atoms in total. The van der Waals surface area contributed by atoms with Crippen LogP contribution in [0.4, 0.5) is 23.4 Å². The summed E-state index contributed by atoms with van der Waals surface area (Å²) < 4.78 is 53.1. The van der Waals surface area contributed by atoms with E-state index in [9.17, 15) is 17.6 Å².